The number of nitrogens with zero attached hydrogens (tertiary/aromatic N) is 2. The summed E-state index contributed by atoms with van der Waals surface area (Å²) in [6.07, 6.45) is -3.15. The van der Waals surface area contributed by atoms with E-state index in [0.29, 0.717) is 13.1 Å². The van der Waals surface area contributed by atoms with Crippen LogP contribution in [-0.4, -0.2) is 49.2 Å². The van der Waals surface area contributed by atoms with E-state index in [1.54, 1.807) is 0 Å². The molecule has 26 heavy (non-hydrogen) atoms. The molecule has 1 N–H and O–H groups in total. The minimum absolute atomic E-state index is 0.0277. The zero-order chi connectivity index (χ0) is 19.5. The van der Waals surface area contributed by atoms with Crippen LogP contribution in [0.5, 0.6) is 0 Å². The number of aliphatic hydroxyl groups is 1. The summed E-state index contributed by atoms with van der Waals surface area (Å²) in [5.41, 5.74) is -0.503. The van der Waals surface area contributed by atoms with Gasteiger partial charge in [0.1, 0.15) is 5.76 Å². The minimum Gasteiger partial charge on any atom is -0.511 e. The van der Waals surface area contributed by atoms with Gasteiger partial charge in [-0.3, -0.25) is 9.79 Å². The molecule has 1 aromatic rings. The maximum atomic E-state index is 12.9. The minimum atomic E-state index is -4.50. The molecular weight excluding hydrogens is 369 g/mol. The molecule has 1 unspecified atom stereocenters. The lowest BCUT2D eigenvalue weighted by Gasteiger charge is -2.24. The van der Waals surface area contributed by atoms with E-state index in [0.717, 1.165) is 12.1 Å². The third kappa shape index (κ3) is 5.08. The molecule has 0 saturated heterocycles. The van der Waals surface area contributed by atoms with Gasteiger partial charge < -0.3 is 10.0 Å². The van der Waals surface area contributed by atoms with E-state index in [2.05, 4.69) is 4.99 Å². The van der Waals surface area contributed by atoms with Crippen LogP contribution in [0.25, 0.3) is 0 Å². The van der Waals surface area contributed by atoms with Gasteiger partial charge in [-0.05, 0) is 43.8 Å². The van der Waals surface area contributed by atoms with Crippen molar-refractivity contribution in [3.63, 3.8) is 0 Å². The summed E-state index contributed by atoms with van der Waals surface area (Å²) in [7, 11) is 3.78. The van der Waals surface area contributed by atoms with E-state index in [-0.39, 0.29) is 40.5 Å². The average molecular weight is 389 g/mol. The van der Waals surface area contributed by atoms with Crippen LogP contribution < -0.4 is 0 Å². The topological polar surface area (TPSA) is 52.9 Å². The Bertz CT molecular complexity index is 742. The van der Waals surface area contributed by atoms with Gasteiger partial charge in [0.15, 0.2) is 5.78 Å². The number of carbonyl (C=O) groups is 1. The second-order valence-corrected chi connectivity index (χ2v) is 6.87. The maximum Gasteiger partial charge on any atom is 0.416 e. The Balaban J connectivity index is 2.22. The third-order valence-electron chi connectivity index (χ3n) is 4.14. The summed E-state index contributed by atoms with van der Waals surface area (Å²) >= 11 is 6.04. The first kappa shape index (κ1) is 20.5. The van der Waals surface area contributed by atoms with Crippen molar-refractivity contribution in [2.45, 2.75) is 24.9 Å². The number of halogens is 4. The van der Waals surface area contributed by atoms with Crippen LogP contribution >= 0.6 is 11.6 Å². The van der Waals surface area contributed by atoms with Crippen LogP contribution in [0, 0.1) is 0 Å². The van der Waals surface area contributed by atoms with Crippen LogP contribution in [0.4, 0.5) is 13.2 Å². The molecule has 1 aliphatic carbocycles. The highest BCUT2D eigenvalue weighted by Gasteiger charge is 2.34. The zero-order valence-corrected chi connectivity index (χ0v) is 15.2. The summed E-state index contributed by atoms with van der Waals surface area (Å²) in [4.78, 5) is 18.4. The molecule has 142 valence electrons. The first-order valence-electron chi connectivity index (χ1n) is 8.06. The van der Waals surface area contributed by atoms with Gasteiger partial charge in [-0.2, -0.15) is 13.2 Å². The molecule has 0 spiro atoms. The van der Waals surface area contributed by atoms with Crippen LogP contribution in [0.3, 0.4) is 0 Å². The number of rotatable bonds is 5. The lowest BCUT2D eigenvalue weighted by Crippen LogP contribution is -2.20. The van der Waals surface area contributed by atoms with Gasteiger partial charge in [-0.1, -0.05) is 11.6 Å². The van der Waals surface area contributed by atoms with Crippen molar-refractivity contribution in [1.29, 1.82) is 0 Å². The number of hydrogen-bond acceptors (Lipinski definition) is 4. The number of benzene rings is 1. The Morgan fingerprint density at radius 1 is 1.35 bits per heavy atom. The van der Waals surface area contributed by atoms with E-state index in [4.69, 9.17) is 11.6 Å². The summed E-state index contributed by atoms with van der Waals surface area (Å²) < 4.78 is 38.8. The highest BCUT2D eigenvalue weighted by molar-refractivity contribution is 6.31. The van der Waals surface area contributed by atoms with Crippen molar-refractivity contribution in [1.82, 2.24) is 4.90 Å². The van der Waals surface area contributed by atoms with Crippen molar-refractivity contribution in [2.24, 2.45) is 4.99 Å². The molecule has 1 aliphatic rings. The fourth-order valence-electron chi connectivity index (χ4n) is 2.72. The standard InChI is InChI=1S/C18H20ClF3N2O2/c1-24(2)6-5-23-10-14-16(25)7-11(8-17(14)26)13-9-12(18(20,21)22)3-4-15(13)19/h3-4,9-11,25H,5-8H2,1-2H3. The number of allylic oxidation sites excluding steroid dienone is 2. The molecule has 0 bridgehead atoms. The first-order chi connectivity index (χ1) is 12.1. The van der Waals surface area contributed by atoms with Gasteiger partial charge >= 0.3 is 6.18 Å². The fourth-order valence-corrected chi connectivity index (χ4v) is 2.99. The Morgan fingerprint density at radius 3 is 2.62 bits per heavy atom. The molecular formula is C18H20ClF3N2O2. The molecule has 0 aromatic heterocycles. The van der Waals surface area contributed by atoms with Gasteiger partial charge in [0.05, 0.1) is 17.7 Å². The lowest BCUT2D eigenvalue weighted by atomic mass is 9.82. The number of hydrogen-bond donors (Lipinski definition) is 1. The SMILES string of the molecule is CN(C)CCN=CC1=C(O)CC(c2cc(C(F)(F)F)ccc2Cl)CC1=O. The molecule has 0 heterocycles. The molecule has 1 aromatic carbocycles. The molecule has 0 saturated carbocycles. The van der Waals surface area contributed by atoms with Gasteiger partial charge in [0.25, 0.3) is 0 Å². The molecule has 1 atom stereocenters. The maximum absolute atomic E-state index is 12.9. The Labute approximate surface area is 155 Å². The van der Waals surface area contributed by atoms with Crippen LogP contribution in [0.1, 0.15) is 29.9 Å². The van der Waals surface area contributed by atoms with Gasteiger partial charge in [-0.15, -0.1) is 0 Å². The van der Waals surface area contributed by atoms with Crippen LogP contribution in [-0.2, 0) is 11.0 Å². The smallest absolute Gasteiger partial charge is 0.416 e. The number of ketones is 1. The molecule has 0 fully saturated rings. The summed E-state index contributed by atoms with van der Waals surface area (Å²) in [5, 5.41) is 10.3. The van der Waals surface area contributed by atoms with E-state index < -0.39 is 17.7 Å². The average Bonchev–Trinajstić information content (AvgIpc) is 2.52. The number of aliphatic hydroxyl groups excluding tert-OH is 1. The van der Waals surface area contributed by atoms with Crippen molar-refractivity contribution in [2.75, 3.05) is 27.2 Å². The molecule has 8 heteroatoms. The number of alkyl halides is 3. The van der Waals surface area contributed by atoms with Crippen molar-refractivity contribution in [3.8, 4) is 0 Å². The summed E-state index contributed by atoms with van der Waals surface area (Å²) in [6, 6.07) is 3.02. The highest BCUT2D eigenvalue weighted by atomic mass is 35.5. The molecule has 0 amide bonds. The summed E-state index contributed by atoms with van der Waals surface area (Å²) in [6.45, 7) is 1.17. The van der Waals surface area contributed by atoms with Gasteiger partial charge in [0, 0.05) is 30.6 Å². The molecule has 0 aliphatic heterocycles. The second kappa shape index (κ2) is 8.22. The second-order valence-electron chi connectivity index (χ2n) is 6.46. The predicted molar refractivity (Wildman–Crippen MR) is 95.0 cm³/mol. The normalized spacial score (nSPS) is 19.0. The van der Waals surface area contributed by atoms with Gasteiger partial charge in [-0.25, -0.2) is 0 Å². The summed E-state index contributed by atoms with van der Waals surface area (Å²) in [5.74, 6) is -1.13. The van der Waals surface area contributed by atoms with Crippen LogP contribution in [0.15, 0.2) is 34.5 Å². The largest absolute Gasteiger partial charge is 0.511 e. The third-order valence-corrected chi connectivity index (χ3v) is 4.49. The van der Waals surface area contributed by atoms with Crippen molar-refractivity contribution < 1.29 is 23.1 Å². The monoisotopic (exact) mass is 388 g/mol. The van der Waals surface area contributed by atoms with E-state index in [9.17, 15) is 23.1 Å². The molecule has 0 radical (unpaired) electrons. The van der Waals surface area contributed by atoms with E-state index >= 15 is 0 Å². The molecule has 4 nitrogen and oxygen atoms in total. The lowest BCUT2D eigenvalue weighted by molar-refractivity contribution is -0.137. The van der Waals surface area contributed by atoms with Crippen molar-refractivity contribution >= 4 is 23.6 Å². The van der Waals surface area contributed by atoms with Crippen molar-refractivity contribution in [3.05, 3.63) is 45.7 Å². The predicted octanol–water partition coefficient (Wildman–Crippen LogP) is 4.25. The van der Waals surface area contributed by atoms with Crippen LogP contribution in [0.2, 0.25) is 5.02 Å². The first-order valence-corrected chi connectivity index (χ1v) is 8.44. The van der Waals surface area contributed by atoms with Gasteiger partial charge in [0.2, 0.25) is 0 Å². The molecule has 2 rings (SSSR count). The Kier molecular flexibility index (Phi) is 6.47. The Morgan fingerprint density at radius 2 is 2.04 bits per heavy atom. The fraction of sp³-hybridized carbons (Fsp3) is 0.444. The van der Waals surface area contributed by atoms with E-state index in [1.807, 2.05) is 19.0 Å². The number of aliphatic imine (C=N–C) groups is 1. The number of likely N-dealkylation sites (N-methyl/N-ethyl adjacent to an activating group) is 1. The quantitative estimate of drug-likeness (QED) is 0.767. The number of carbonyl (C=O) groups excluding carboxylic acids is 1. The Hall–Kier alpha value is -1.86. The number of Topliss-reactive ketones (excluding diaryl/α,β-unsaturated/α-hetero) is 1. The van der Waals surface area contributed by atoms with E-state index in [1.165, 1.54) is 12.3 Å². The zero-order valence-electron chi connectivity index (χ0n) is 14.5. The highest BCUT2D eigenvalue weighted by Crippen LogP contribution is 2.39.